The van der Waals surface area contributed by atoms with E-state index < -0.39 is 0 Å². The number of nitrogens with one attached hydrogen (secondary N) is 1. The molecule has 0 saturated heterocycles. The lowest BCUT2D eigenvalue weighted by Gasteiger charge is -2.09. The average Bonchev–Trinajstić information content (AvgIpc) is 2.88. The molecule has 90 valence electrons. The monoisotopic (exact) mass is 255 g/mol. The number of aromatic nitrogens is 2. The molecule has 0 bridgehead atoms. The molecule has 0 saturated carbocycles. The van der Waals surface area contributed by atoms with Crippen LogP contribution in [0.15, 0.2) is 42.0 Å². The van der Waals surface area contributed by atoms with Gasteiger partial charge in [0.25, 0.3) is 0 Å². The number of hydrogen-bond donors (Lipinski definition) is 1. The highest BCUT2D eigenvalue weighted by atomic mass is 32.1. The Morgan fingerprint density at radius 2 is 2.06 bits per heavy atom. The predicted octanol–water partition coefficient (Wildman–Crippen LogP) is 3.79. The number of rotatable bonds is 3. The van der Waals surface area contributed by atoms with Crippen molar-refractivity contribution in [1.82, 2.24) is 9.97 Å². The molecule has 3 rings (SSSR count). The number of anilines is 1. The summed E-state index contributed by atoms with van der Waals surface area (Å²) in [5, 5.41) is 6.63. The van der Waals surface area contributed by atoms with E-state index in [0.717, 1.165) is 23.6 Å². The second-order valence-electron chi connectivity index (χ2n) is 3.93. The molecule has 3 nitrogen and oxygen atoms in total. The van der Waals surface area contributed by atoms with Gasteiger partial charge in [-0.25, -0.2) is 4.98 Å². The molecule has 0 aliphatic carbocycles. The first-order valence-corrected chi connectivity index (χ1v) is 6.79. The molecule has 1 aromatic carbocycles. The minimum Gasteiger partial charge on any atom is -0.369 e. The lowest BCUT2D eigenvalue weighted by Crippen LogP contribution is -2.02. The third kappa shape index (κ3) is 1.84. The summed E-state index contributed by atoms with van der Waals surface area (Å²) in [7, 11) is 0. The first kappa shape index (κ1) is 11.2. The van der Waals surface area contributed by atoms with E-state index in [1.807, 2.05) is 0 Å². The zero-order valence-corrected chi connectivity index (χ0v) is 10.9. The first-order chi connectivity index (χ1) is 8.90. The summed E-state index contributed by atoms with van der Waals surface area (Å²) in [6.45, 7) is 2.90. The van der Waals surface area contributed by atoms with E-state index in [1.165, 1.54) is 10.1 Å². The molecular weight excluding hydrogens is 242 g/mol. The molecule has 1 N–H and O–H groups in total. The van der Waals surface area contributed by atoms with Gasteiger partial charge < -0.3 is 5.32 Å². The van der Waals surface area contributed by atoms with E-state index in [-0.39, 0.29) is 0 Å². The van der Waals surface area contributed by atoms with Crippen LogP contribution < -0.4 is 5.32 Å². The normalized spacial score (nSPS) is 10.7. The molecule has 0 unspecified atom stereocenters. The molecule has 0 amide bonds. The first-order valence-electron chi connectivity index (χ1n) is 5.91. The van der Waals surface area contributed by atoms with Crippen LogP contribution in [0.1, 0.15) is 6.92 Å². The van der Waals surface area contributed by atoms with Gasteiger partial charge in [-0.15, -0.1) is 11.3 Å². The fourth-order valence-corrected chi connectivity index (χ4v) is 2.93. The van der Waals surface area contributed by atoms with E-state index in [0.29, 0.717) is 0 Å². The molecule has 0 atom stereocenters. The Balaban J connectivity index is 2.23. The van der Waals surface area contributed by atoms with Crippen LogP contribution in [-0.4, -0.2) is 16.5 Å². The molecule has 0 aliphatic heterocycles. The molecule has 0 radical (unpaired) electrons. The Labute approximate surface area is 110 Å². The van der Waals surface area contributed by atoms with Gasteiger partial charge in [-0.2, -0.15) is 0 Å². The van der Waals surface area contributed by atoms with E-state index in [1.54, 1.807) is 23.7 Å². The van der Waals surface area contributed by atoms with Crippen molar-refractivity contribution in [2.45, 2.75) is 6.92 Å². The Morgan fingerprint density at radius 1 is 1.17 bits per heavy atom. The van der Waals surface area contributed by atoms with Gasteiger partial charge in [0, 0.05) is 29.2 Å². The second-order valence-corrected chi connectivity index (χ2v) is 4.84. The van der Waals surface area contributed by atoms with Crippen molar-refractivity contribution in [3.05, 3.63) is 42.0 Å². The van der Waals surface area contributed by atoms with Crippen LogP contribution in [0.25, 0.3) is 21.3 Å². The maximum Gasteiger partial charge on any atom is 0.152 e. The van der Waals surface area contributed by atoms with Gasteiger partial charge in [0.1, 0.15) is 5.69 Å². The van der Waals surface area contributed by atoms with Crippen LogP contribution in [0.3, 0.4) is 0 Å². The largest absolute Gasteiger partial charge is 0.369 e. The Hall–Kier alpha value is -1.94. The summed E-state index contributed by atoms with van der Waals surface area (Å²) in [6.07, 6.45) is 3.46. The van der Waals surface area contributed by atoms with E-state index >= 15 is 0 Å². The molecule has 0 fully saturated rings. The number of thiophene rings is 1. The molecule has 0 aliphatic rings. The molecule has 2 aromatic heterocycles. The van der Waals surface area contributed by atoms with Crippen molar-refractivity contribution >= 4 is 27.2 Å². The summed E-state index contributed by atoms with van der Waals surface area (Å²) in [4.78, 5) is 8.85. The van der Waals surface area contributed by atoms with Gasteiger partial charge in [0.15, 0.2) is 5.82 Å². The minimum absolute atomic E-state index is 0.839. The molecule has 3 aromatic rings. The zero-order valence-electron chi connectivity index (χ0n) is 10.1. The van der Waals surface area contributed by atoms with Crippen LogP contribution in [0.2, 0.25) is 0 Å². The van der Waals surface area contributed by atoms with Crippen LogP contribution >= 0.6 is 11.3 Å². The van der Waals surface area contributed by atoms with Crippen LogP contribution in [-0.2, 0) is 0 Å². The molecule has 18 heavy (non-hydrogen) atoms. The molecule has 4 heteroatoms. The van der Waals surface area contributed by atoms with Crippen molar-refractivity contribution < 1.29 is 0 Å². The standard InChI is InChI=1S/C14H13N3S/c1-2-15-14-12(16-7-8-17-14)11-5-3-4-10-6-9-18-13(10)11/h3-9H,2H2,1H3,(H,15,17). The van der Waals surface area contributed by atoms with Gasteiger partial charge in [-0.05, 0) is 23.8 Å². The van der Waals surface area contributed by atoms with Gasteiger partial charge in [0.2, 0.25) is 0 Å². The fraction of sp³-hybridized carbons (Fsp3) is 0.143. The molecule has 2 heterocycles. The van der Waals surface area contributed by atoms with Gasteiger partial charge in [-0.1, -0.05) is 18.2 Å². The Kier molecular flexibility index (Phi) is 2.94. The molecular formula is C14H13N3S. The van der Waals surface area contributed by atoms with E-state index in [9.17, 15) is 0 Å². The van der Waals surface area contributed by atoms with Crippen molar-refractivity contribution in [3.63, 3.8) is 0 Å². The molecule has 0 spiro atoms. The summed E-state index contributed by atoms with van der Waals surface area (Å²) < 4.78 is 1.26. The highest BCUT2D eigenvalue weighted by Gasteiger charge is 2.10. The average molecular weight is 255 g/mol. The van der Waals surface area contributed by atoms with Crippen molar-refractivity contribution in [1.29, 1.82) is 0 Å². The van der Waals surface area contributed by atoms with Crippen molar-refractivity contribution in [3.8, 4) is 11.3 Å². The highest BCUT2D eigenvalue weighted by Crippen LogP contribution is 2.33. The predicted molar refractivity (Wildman–Crippen MR) is 77.0 cm³/mol. The van der Waals surface area contributed by atoms with Crippen LogP contribution in [0, 0.1) is 0 Å². The summed E-state index contributed by atoms with van der Waals surface area (Å²) in [5.41, 5.74) is 2.07. The maximum atomic E-state index is 4.48. The number of hydrogen-bond acceptors (Lipinski definition) is 4. The van der Waals surface area contributed by atoms with E-state index in [4.69, 9.17) is 0 Å². The van der Waals surface area contributed by atoms with Gasteiger partial charge >= 0.3 is 0 Å². The summed E-state index contributed by atoms with van der Waals surface area (Å²) in [6, 6.07) is 8.42. The van der Waals surface area contributed by atoms with E-state index in [2.05, 4.69) is 51.9 Å². The topological polar surface area (TPSA) is 37.8 Å². The SMILES string of the molecule is CCNc1nccnc1-c1cccc2ccsc12. The van der Waals surface area contributed by atoms with Gasteiger partial charge in [-0.3, -0.25) is 4.98 Å². The van der Waals surface area contributed by atoms with Crippen molar-refractivity contribution in [2.75, 3.05) is 11.9 Å². The second kappa shape index (κ2) is 4.74. The minimum atomic E-state index is 0.839. The number of nitrogens with zero attached hydrogens (tertiary/aromatic N) is 2. The summed E-state index contributed by atoms with van der Waals surface area (Å²) in [5.74, 6) is 0.848. The Morgan fingerprint density at radius 3 is 2.94 bits per heavy atom. The lowest BCUT2D eigenvalue weighted by atomic mass is 10.1. The third-order valence-electron chi connectivity index (χ3n) is 2.78. The fourth-order valence-electron chi connectivity index (χ4n) is 2.01. The smallest absolute Gasteiger partial charge is 0.152 e. The van der Waals surface area contributed by atoms with Crippen LogP contribution in [0.4, 0.5) is 5.82 Å². The quantitative estimate of drug-likeness (QED) is 0.773. The van der Waals surface area contributed by atoms with Gasteiger partial charge in [0.05, 0.1) is 0 Å². The zero-order chi connectivity index (χ0) is 12.4. The van der Waals surface area contributed by atoms with Crippen molar-refractivity contribution in [2.24, 2.45) is 0 Å². The number of fused-ring (bicyclic) bond motifs is 1. The summed E-state index contributed by atoms with van der Waals surface area (Å²) >= 11 is 1.74. The Bertz CT molecular complexity index is 675. The van der Waals surface area contributed by atoms with Crippen LogP contribution in [0.5, 0.6) is 0 Å². The third-order valence-corrected chi connectivity index (χ3v) is 3.74. The maximum absolute atomic E-state index is 4.48. The lowest BCUT2D eigenvalue weighted by molar-refractivity contribution is 1.13. The number of benzene rings is 1. The highest BCUT2D eigenvalue weighted by molar-refractivity contribution is 7.17.